The van der Waals surface area contributed by atoms with E-state index in [9.17, 15) is 4.79 Å². The van der Waals surface area contributed by atoms with Crippen LogP contribution in [0, 0.1) is 5.92 Å². The van der Waals surface area contributed by atoms with Crippen molar-refractivity contribution in [1.29, 1.82) is 0 Å². The predicted octanol–water partition coefficient (Wildman–Crippen LogP) is 2.23. The molecule has 0 unspecified atom stereocenters. The lowest BCUT2D eigenvalue weighted by Crippen LogP contribution is -2.41. The summed E-state index contributed by atoms with van der Waals surface area (Å²) in [6.07, 6.45) is 7.47. The van der Waals surface area contributed by atoms with E-state index in [1.165, 1.54) is 12.8 Å². The summed E-state index contributed by atoms with van der Waals surface area (Å²) >= 11 is 0. The van der Waals surface area contributed by atoms with Crippen LogP contribution in [0.3, 0.4) is 0 Å². The Morgan fingerprint density at radius 1 is 1.13 bits per heavy atom. The molecular formula is C17H33ClN2O3. The van der Waals surface area contributed by atoms with E-state index in [0.29, 0.717) is 12.0 Å². The topological polar surface area (TPSA) is 50.8 Å². The van der Waals surface area contributed by atoms with Gasteiger partial charge in [0.15, 0.2) is 0 Å². The fourth-order valence-electron chi connectivity index (χ4n) is 3.38. The Morgan fingerprint density at radius 3 is 2.48 bits per heavy atom. The number of methoxy groups -OCH3 is 1. The van der Waals surface area contributed by atoms with E-state index in [0.717, 1.165) is 77.4 Å². The van der Waals surface area contributed by atoms with Gasteiger partial charge in [0.05, 0.1) is 6.10 Å². The average Bonchev–Trinajstić information content (AvgIpc) is 2.58. The van der Waals surface area contributed by atoms with Gasteiger partial charge in [0.25, 0.3) is 0 Å². The second-order valence-electron chi connectivity index (χ2n) is 6.53. The second-order valence-corrected chi connectivity index (χ2v) is 6.53. The van der Waals surface area contributed by atoms with Crippen LogP contribution >= 0.6 is 12.4 Å². The molecule has 2 rings (SSSR count). The lowest BCUT2D eigenvalue weighted by molar-refractivity contribution is -0.134. The number of rotatable bonds is 8. The minimum absolute atomic E-state index is 0. The van der Waals surface area contributed by atoms with Crippen LogP contribution in [-0.2, 0) is 14.3 Å². The molecule has 0 radical (unpaired) electrons. The van der Waals surface area contributed by atoms with E-state index < -0.39 is 0 Å². The van der Waals surface area contributed by atoms with Crippen molar-refractivity contribution in [2.75, 3.05) is 46.5 Å². The van der Waals surface area contributed by atoms with Crippen LogP contribution in [0.5, 0.6) is 0 Å². The monoisotopic (exact) mass is 348 g/mol. The predicted molar refractivity (Wildman–Crippen MR) is 94.1 cm³/mol. The molecule has 1 amide bonds. The van der Waals surface area contributed by atoms with Gasteiger partial charge >= 0.3 is 0 Å². The van der Waals surface area contributed by atoms with Crippen molar-refractivity contribution in [3.8, 4) is 0 Å². The SMILES string of the molecule is COCCCOC1CCN(C(=O)CCC2CCNCC2)CC1.Cl. The largest absolute Gasteiger partial charge is 0.385 e. The van der Waals surface area contributed by atoms with E-state index >= 15 is 0 Å². The number of piperidine rings is 2. The Bertz CT molecular complexity index is 317. The highest BCUT2D eigenvalue weighted by atomic mass is 35.5. The van der Waals surface area contributed by atoms with Gasteiger partial charge in [0.1, 0.15) is 0 Å². The number of likely N-dealkylation sites (tertiary alicyclic amines) is 1. The lowest BCUT2D eigenvalue weighted by Gasteiger charge is -2.32. The zero-order chi connectivity index (χ0) is 15.6. The molecule has 2 aliphatic rings. The highest BCUT2D eigenvalue weighted by Crippen LogP contribution is 2.20. The first-order valence-electron chi connectivity index (χ1n) is 8.88. The molecule has 5 nitrogen and oxygen atoms in total. The first-order valence-corrected chi connectivity index (χ1v) is 8.88. The van der Waals surface area contributed by atoms with Crippen LogP contribution in [0.15, 0.2) is 0 Å². The van der Waals surface area contributed by atoms with Crippen LogP contribution in [0.2, 0.25) is 0 Å². The molecule has 0 spiro atoms. The molecule has 0 atom stereocenters. The maximum absolute atomic E-state index is 12.3. The Morgan fingerprint density at radius 2 is 1.83 bits per heavy atom. The molecule has 0 aliphatic carbocycles. The smallest absolute Gasteiger partial charge is 0.222 e. The van der Waals surface area contributed by atoms with Gasteiger partial charge in [-0.2, -0.15) is 0 Å². The van der Waals surface area contributed by atoms with Crippen LogP contribution in [0.25, 0.3) is 0 Å². The van der Waals surface area contributed by atoms with Crippen molar-refractivity contribution < 1.29 is 14.3 Å². The molecule has 2 fully saturated rings. The molecule has 2 aliphatic heterocycles. The summed E-state index contributed by atoms with van der Waals surface area (Å²) in [5, 5.41) is 3.38. The van der Waals surface area contributed by atoms with E-state index in [-0.39, 0.29) is 12.4 Å². The molecule has 1 N–H and O–H groups in total. The van der Waals surface area contributed by atoms with Gasteiger partial charge in [-0.3, -0.25) is 4.79 Å². The van der Waals surface area contributed by atoms with Gasteiger partial charge in [-0.1, -0.05) is 0 Å². The molecule has 0 aromatic heterocycles. The van der Waals surface area contributed by atoms with Gasteiger partial charge in [-0.05, 0) is 57.5 Å². The molecule has 23 heavy (non-hydrogen) atoms. The normalized spacial score (nSPS) is 20.3. The summed E-state index contributed by atoms with van der Waals surface area (Å²) in [5.41, 5.74) is 0. The quantitative estimate of drug-likeness (QED) is 0.683. The number of nitrogens with one attached hydrogen (secondary N) is 1. The highest BCUT2D eigenvalue weighted by Gasteiger charge is 2.23. The Balaban J connectivity index is 0.00000264. The number of ether oxygens (including phenoxy) is 2. The van der Waals surface area contributed by atoms with E-state index in [1.807, 2.05) is 4.90 Å². The molecule has 0 aromatic rings. The highest BCUT2D eigenvalue weighted by molar-refractivity contribution is 5.85. The fraction of sp³-hybridized carbons (Fsp3) is 0.941. The van der Waals surface area contributed by atoms with Crippen LogP contribution < -0.4 is 5.32 Å². The molecular weight excluding hydrogens is 316 g/mol. The third-order valence-electron chi connectivity index (χ3n) is 4.87. The van der Waals surface area contributed by atoms with Crippen molar-refractivity contribution in [2.45, 2.75) is 51.0 Å². The van der Waals surface area contributed by atoms with Crippen LogP contribution in [0.4, 0.5) is 0 Å². The number of nitrogens with zero attached hydrogens (tertiary/aromatic N) is 1. The molecule has 0 bridgehead atoms. The summed E-state index contributed by atoms with van der Waals surface area (Å²) in [7, 11) is 1.72. The molecule has 6 heteroatoms. The number of hydrogen-bond acceptors (Lipinski definition) is 4. The van der Waals surface area contributed by atoms with E-state index in [4.69, 9.17) is 9.47 Å². The summed E-state index contributed by atoms with van der Waals surface area (Å²) in [6.45, 7) is 5.48. The van der Waals surface area contributed by atoms with Gasteiger partial charge in [0.2, 0.25) is 5.91 Å². The van der Waals surface area contributed by atoms with Crippen molar-refractivity contribution >= 4 is 18.3 Å². The Labute approximate surface area is 146 Å². The van der Waals surface area contributed by atoms with Crippen molar-refractivity contribution in [3.63, 3.8) is 0 Å². The number of amides is 1. The van der Waals surface area contributed by atoms with Crippen LogP contribution in [-0.4, -0.2) is 63.4 Å². The molecule has 2 heterocycles. The van der Waals surface area contributed by atoms with Gasteiger partial charge in [-0.25, -0.2) is 0 Å². The molecule has 136 valence electrons. The van der Waals surface area contributed by atoms with E-state index in [2.05, 4.69) is 5.32 Å². The zero-order valence-electron chi connectivity index (χ0n) is 14.4. The standard InChI is InChI=1S/C17H32N2O3.ClH/c1-21-13-2-14-22-16-7-11-19(12-8-16)17(20)4-3-15-5-9-18-10-6-15;/h15-16,18H,2-14H2,1H3;1H. The second kappa shape index (κ2) is 12.1. The molecule has 0 saturated carbocycles. The summed E-state index contributed by atoms with van der Waals surface area (Å²) < 4.78 is 10.9. The first-order chi connectivity index (χ1) is 10.8. The number of hydrogen-bond donors (Lipinski definition) is 1. The average molecular weight is 349 g/mol. The lowest BCUT2D eigenvalue weighted by atomic mass is 9.93. The summed E-state index contributed by atoms with van der Waals surface area (Å²) in [5.74, 6) is 1.09. The minimum Gasteiger partial charge on any atom is -0.385 e. The Kier molecular flexibility index (Phi) is 10.9. The fourth-order valence-corrected chi connectivity index (χ4v) is 3.38. The molecule has 0 aromatic carbocycles. The zero-order valence-corrected chi connectivity index (χ0v) is 15.2. The van der Waals surface area contributed by atoms with Gasteiger partial charge < -0.3 is 19.7 Å². The first kappa shape index (κ1) is 20.7. The number of carbonyl (C=O) groups is 1. The molecule has 2 saturated heterocycles. The Hall–Kier alpha value is -0.360. The number of halogens is 1. The van der Waals surface area contributed by atoms with Crippen molar-refractivity contribution in [1.82, 2.24) is 10.2 Å². The van der Waals surface area contributed by atoms with E-state index in [1.54, 1.807) is 7.11 Å². The minimum atomic E-state index is 0. The maximum atomic E-state index is 12.3. The third kappa shape index (κ3) is 7.84. The third-order valence-corrected chi connectivity index (χ3v) is 4.87. The summed E-state index contributed by atoms with van der Waals surface area (Å²) in [6, 6.07) is 0. The van der Waals surface area contributed by atoms with Crippen molar-refractivity contribution in [2.24, 2.45) is 5.92 Å². The summed E-state index contributed by atoms with van der Waals surface area (Å²) in [4.78, 5) is 14.3. The maximum Gasteiger partial charge on any atom is 0.222 e. The van der Waals surface area contributed by atoms with Crippen LogP contribution in [0.1, 0.15) is 44.9 Å². The van der Waals surface area contributed by atoms with Crippen molar-refractivity contribution in [3.05, 3.63) is 0 Å². The van der Waals surface area contributed by atoms with Gasteiger partial charge in [-0.15, -0.1) is 12.4 Å². The van der Waals surface area contributed by atoms with Gasteiger partial charge in [0, 0.05) is 39.8 Å². The number of carbonyl (C=O) groups excluding carboxylic acids is 1.